The maximum Gasteiger partial charge on any atom is 0.128 e. The third-order valence-corrected chi connectivity index (χ3v) is 4.28. The minimum absolute atomic E-state index is 0.376. The van der Waals surface area contributed by atoms with Gasteiger partial charge in [0.25, 0.3) is 0 Å². The zero-order chi connectivity index (χ0) is 13.2. The van der Waals surface area contributed by atoms with Gasteiger partial charge in [-0.2, -0.15) is 0 Å². The van der Waals surface area contributed by atoms with Crippen LogP contribution in [0.1, 0.15) is 44.3 Å². The molecule has 2 heterocycles. The monoisotopic (exact) mass is 262 g/mol. The number of aliphatic hydroxyl groups excluding tert-OH is 1. The topological polar surface area (TPSA) is 45.6 Å². The van der Waals surface area contributed by atoms with Crippen molar-refractivity contribution in [1.29, 1.82) is 0 Å². The van der Waals surface area contributed by atoms with E-state index in [0.29, 0.717) is 12.1 Å². The van der Waals surface area contributed by atoms with Gasteiger partial charge in [-0.3, -0.25) is 0 Å². The van der Waals surface area contributed by atoms with Crippen molar-refractivity contribution in [3.63, 3.8) is 0 Å². The molecule has 4 heteroatoms. The van der Waals surface area contributed by atoms with E-state index in [1.165, 1.54) is 25.7 Å². The van der Waals surface area contributed by atoms with Gasteiger partial charge in [0.05, 0.1) is 24.9 Å². The fraction of sp³-hybridized carbons (Fsp3) is 0.667. The summed E-state index contributed by atoms with van der Waals surface area (Å²) in [6, 6.07) is 4.48. The number of aliphatic hydroxyl groups is 1. The molecule has 0 radical (unpaired) electrons. The average molecular weight is 262 g/mol. The van der Waals surface area contributed by atoms with Crippen LogP contribution in [-0.2, 0) is 4.74 Å². The van der Waals surface area contributed by atoms with Crippen molar-refractivity contribution < 1.29 is 9.84 Å². The van der Waals surface area contributed by atoms with E-state index in [9.17, 15) is 5.11 Å². The molecule has 1 saturated carbocycles. The Balaban J connectivity index is 1.79. The summed E-state index contributed by atoms with van der Waals surface area (Å²) in [5.74, 6) is 1.02. The summed E-state index contributed by atoms with van der Waals surface area (Å²) in [4.78, 5) is 6.91. The molecule has 1 aromatic heterocycles. The molecule has 0 amide bonds. The lowest BCUT2D eigenvalue weighted by Gasteiger charge is -2.44. The number of hydrogen-bond donors (Lipinski definition) is 1. The molecule has 2 aliphatic rings. The van der Waals surface area contributed by atoms with Crippen LogP contribution in [0.2, 0.25) is 0 Å². The van der Waals surface area contributed by atoms with E-state index in [0.717, 1.165) is 24.5 Å². The van der Waals surface area contributed by atoms with Gasteiger partial charge in [0.15, 0.2) is 0 Å². The Labute approximate surface area is 114 Å². The molecular weight excluding hydrogens is 240 g/mol. The first-order chi connectivity index (χ1) is 9.25. The van der Waals surface area contributed by atoms with Gasteiger partial charge in [-0.15, -0.1) is 0 Å². The molecule has 0 spiro atoms. The number of rotatable bonds is 2. The maximum atomic E-state index is 9.54. The van der Waals surface area contributed by atoms with Crippen molar-refractivity contribution in [2.45, 2.75) is 50.9 Å². The number of hydrogen-bond acceptors (Lipinski definition) is 4. The SMILES string of the molecule is C[C@@H](O)c1ccc(N2CCOC3CCCCC32)nc1. The molecule has 104 valence electrons. The van der Waals surface area contributed by atoms with Crippen LogP contribution in [-0.4, -0.2) is 35.4 Å². The third kappa shape index (κ3) is 2.60. The molecule has 1 aromatic rings. The molecule has 0 aromatic carbocycles. The highest BCUT2D eigenvalue weighted by atomic mass is 16.5. The number of fused-ring (bicyclic) bond motifs is 1. The Morgan fingerprint density at radius 1 is 1.37 bits per heavy atom. The molecule has 1 aliphatic carbocycles. The number of aromatic nitrogens is 1. The van der Waals surface area contributed by atoms with Crippen molar-refractivity contribution in [3.05, 3.63) is 23.9 Å². The normalized spacial score (nSPS) is 28.8. The second-order valence-corrected chi connectivity index (χ2v) is 5.58. The fourth-order valence-electron chi connectivity index (χ4n) is 3.20. The molecule has 19 heavy (non-hydrogen) atoms. The first-order valence-electron chi connectivity index (χ1n) is 7.28. The van der Waals surface area contributed by atoms with Crippen LogP contribution in [0.25, 0.3) is 0 Å². The Kier molecular flexibility index (Phi) is 3.71. The highest BCUT2D eigenvalue weighted by molar-refractivity contribution is 5.42. The van der Waals surface area contributed by atoms with Crippen LogP contribution in [0.4, 0.5) is 5.82 Å². The van der Waals surface area contributed by atoms with Crippen LogP contribution in [0.5, 0.6) is 0 Å². The first kappa shape index (κ1) is 12.9. The second-order valence-electron chi connectivity index (χ2n) is 5.58. The van der Waals surface area contributed by atoms with E-state index in [1.807, 2.05) is 12.1 Å². The fourth-order valence-corrected chi connectivity index (χ4v) is 3.20. The lowest BCUT2D eigenvalue weighted by Crippen LogP contribution is -2.53. The van der Waals surface area contributed by atoms with Crippen molar-refractivity contribution >= 4 is 5.82 Å². The summed E-state index contributed by atoms with van der Waals surface area (Å²) in [7, 11) is 0. The van der Waals surface area contributed by atoms with Crippen LogP contribution in [0, 0.1) is 0 Å². The largest absolute Gasteiger partial charge is 0.389 e. The van der Waals surface area contributed by atoms with Crippen molar-refractivity contribution in [3.8, 4) is 0 Å². The highest BCUT2D eigenvalue weighted by Crippen LogP contribution is 2.31. The molecule has 1 aliphatic heterocycles. The van der Waals surface area contributed by atoms with Crippen LogP contribution in [0.3, 0.4) is 0 Å². The predicted octanol–water partition coefficient (Wildman–Crippen LogP) is 2.28. The quantitative estimate of drug-likeness (QED) is 0.888. The molecule has 3 atom stereocenters. The lowest BCUT2D eigenvalue weighted by atomic mass is 9.90. The zero-order valence-corrected chi connectivity index (χ0v) is 11.5. The number of pyridine rings is 1. The summed E-state index contributed by atoms with van der Waals surface area (Å²) >= 11 is 0. The highest BCUT2D eigenvalue weighted by Gasteiger charge is 2.34. The summed E-state index contributed by atoms with van der Waals surface area (Å²) < 4.78 is 5.89. The molecule has 1 N–H and O–H groups in total. The van der Waals surface area contributed by atoms with Gasteiger partial charge >= 0.3 is 0 Å². The van der Waals surface area contributed by atoms with Gasteiger partial charge in [-0.1, -0.05) is 18.9 Å². The van der Waals surface area contributed by atoms with Crippen LogP contribution >= 0.6 is 0 Å². The van der Waals surface area contributed by atoms with Gasteiger partial charge in [-0.05, 0) is 31.4 Å². The van der Waals surface area contributed by atoms with E-state index < -0.39 is 6.10 Å². The average Bonchev–Trinajstić information content (AvgIpc) is 2.47. The molecule has 2 unspecified atom stereocenters. The van der Waals surface area contributed by atoms with E-state index in [4.69, 9.17) is 4.74 Å². The molecule has 2 fully saturated rings. The van der Waals surface area contributed by atoms with Crippen molar-refractivity contribution in [1.82, 2.24) is 4.98 Å². The van der Waals surface area contributed by atoms with Gasteiger partial charge in [0, 0.05) is 12.7 Å². The van der Waals surface area contributed by atoms with E-state index >= 15 is 0 Å². The summed E-state index contributed by atoms with van der Waals surface area (Å²) in [6.07, 6.45) is 6.65. The lowest BCUT2D eigenvalue weighted by molar-refractivity contribution is -0.00899. The first-order valence-corrected chi connectivity index (χ1v) is 7.28. The number of ether oxygens (including phenoxy) is 1. The standard InChI is InChI=1S/C15H22N2O2/c1-11(18)12-6-7-15(16-10-12)17-8-9-19-14-5-3-2-4-13(14)17/h6-7,10-11,13-14,18H,2-5,8-9H2,1H3/t11-,13?,14?/m1/s1. The maximum absolute atomic E-state index is 9.54. The van der Waals surface area contributed by atoms with Gasteiger partial charge in [-0.25, -0.2) is 4.98 Å². The number of morpholine rings is 1. The number of anilines is 1. The summed E-state index contributed by atoms with van der Waals surface area (Å²) in [5.41, 5.74) is 0.872. The molecule has 1 saturated heterocycles. The third-order valence-electron chi connectivity index (χ3n) is 4.28. The van der Waals surface area contributed by atoms with Gasteiger partial charge < -0.3 is 14.7 Å². The Morgan fingerprint density at radius 3 is 2.95 bits per heavy atom. The van der Waals surface area contributed by atoms with Crippen molar-refractivity contribution in [2.24, 2.45) is 0 Å². The minimum Gasteiger partial charge on any atom is -0.389 e. The molecule has 3 rings (SSSR count). The minimum atomic E-state index is -0.450. The van der Waals surface area contributed by atoms with Gasteiger partial charge in [0.1, 0.15) is 5.82 Å². The zero-order valence-electron chi connectivity index (χ0n) is 11.5. The Hall–Kier alpha value is -1.13. The molecular formula is C15H22N2O2. The van der Waals surface area contributed by atoms with Gasteiger partial charge in [0.2, 0.25) is 0 Å². The van der Waals surface area contributed by atoms with Crippen molar-refractivity contribution in [2.75, 3.05) is 18.1 Å². The summed E-state index contributed by atoms with van der Waals surface area (Å²) in [6.45, 7) is 3.48. The second kappa shape index (κ2) is 5.47. The van der Waals surface area contributed by atoms with E-state index in [-0.39, 0.29) is 0 Å². The summed E-state index contributed by atoms with van der Waals surface area (Å²) in [5, 5.41) is 9.54. The van der Waals surface area contributed by atoms with E-state index in [2.05, 4.69) is 9.88 Å². The Bertz CT molecular complexity index is 417. The van der Waals surface area contributed by atoms with Crippen LogP contribution < -0.4 is 4.90 Å². The predicted molar refractivity (Wildman–Crippen MR) is 74.2 cm³/mol. The number of nitrogens with zero attached hydrogens (tertiary/aromatic N) is 2. The molecule has 0 bridgehead atoms. The van der Waals surface area contributed by atoms with Crippen LogP contribution in [0.15, 0.2) is 18.3 Å². The van der Waals surface area contributed by atoms with E-state index in [1.54, 1.807) is 13.1 Å². The Morgan fingerprint density at radius 2 is 2.21 bits per heavy atom. The smallest absolute Gasteiger partial charge is 0.128 e. The molecule has 4 nitrogen and oxygen atoms in total.